The van der Waals surface area contributed by atoms with Crippen molar-refractivity contribution in [3.05, 3.63) is 66.2 Å². The molecule has 1 heterocycles. The lowest BCUT2D eigenvalue weighted by Gasteiger charge is -2.48. The average Bonchev–Trinajstić information content (AvgIpc) is 2.75. The van der Waals surface area contributed by atoms with Crippen LogP contribution in [0.4, 0.5) is 5.69 Å². The van der Waals surface area contributed by atoms with Crippen molar-refractivity contribution in [1.29, 1.82) is 0 Å². The van der Waals surface area contributed by atoms with Crippen molar-refractivity contribution in [3.63, 3.8) is 0 Å². The summed E-state index contributed by atoms with van der Waals surface area (Å²) in [6.45, 7) is 4.19. The van der Waals surface area contributed by atoms with Gasteiger partial charge in [-0.15, -0.1) is 0 Å². The van der Waals surface area contributed by atoms with Crippen molar-refractivity contribution < 1.29 is 13.6 Å². The first-order valence-corrected chi connectivity index (χ1v) is 9.61. The highest BCUT2D eigenvalue weighted by Crippen LogP contribution is 2.34. The topological polar surface area (TPSA) is 32.8 Å². The van der Waals surface area contributed by atoms with Gasteiger partial charge in [-0.2, -0.15) is 0 Å². The smallest absolute Gasteiger partial charge is 0.227 e. The maximum absolute atomic E-state index is 13.0. The molecule has 0 saturated carbocycles. The van der Waals surface area contributed by atoms with Crippen molar-refractivity contribution in [1.82, 2.24) is 4.90 Å². The normalized spacial score (nSPS) is 18.9. The van der Waals surface area contributed by atoms with Crippen LogP contribution in [0.1, 0.15) is 35.9 Å². The van der Waals surface area contributed by atoms with Crippen LogP contribution in [-0.4, -0.2) is 43.1 Å². The second-order valence-corrected chi connectivity index (χ2v) is 7.19. The third-order valence-corrected chi connectivity index (χ3v) is 5.42. The number of amides is 1. The van der Waals surface area contributed by atoms with Crippen molar-refractivity contribution in [3.8, 4) is 0 Å². The number of hydrogen-bond acceptors (Lipinski definition) is 3. The number of carbonyl (C=O) groups is 1. The van der Waals surface area contributed by atoms with Crippen LogP contribution in [-0.2, 0) is 16.1 Å². The van der Waals surface area contributed by atoms with Gasteiger partial charge in [0.1, 0.15) is 0 Å². The molecule has 3 rings (SSSR count). The Hall–Kier alpha value is -2.17. The number of likely N-dealkylation sites (tertiary alicyclic amines) is 1. The molecular formula is C23H30N2O2. The number of para-hydroxylation sites is 1. The Morgan fingerprint density at radius 2 is 1.74 bits per heavy atom. The first-order valence-electron chi connectivity index (χ1n) is 11.1. The monoisotopic (exact) mass is 369 g/mol. The van der Waals surface area contributed by atoms with Gasteiger partial charge >= 0.3 is 0 Å². The number of benzene rings is 2. The molecular weight excluding hydrogens is 336 g/mol. The summed E-state index contributed by atoms with van der Waals surface area (Å²) in [5, 5.41) is 0. The van der Waals surface area contributed by atoms with Gasteiger partial charge in [0.2, 0.25) is 5.91 Å². The van der Waals surface area contributed by atoms with E-state index in [-0.39, 0.29) is 12.5 Å². The standard InChI is InChI=1S/C23H30N2O2/c1-3-22(26)25(21-12-8-5-9-13-21)23(19-27-2)14-16-24(17-15-23)18-20-10-6-4-7-11-20/h4-13H,3,14-19H2,1-2H3/i2D3. The van der Waals surface area contributed by atoms with E-state index in [1.165, 1.54) is 5.56 Å². The van der Waals surface area contributed by atoms with Crippen LogP contribution in [0.3, 0.4) is 0 Å². The molecule has 2 aromatic rings. The third-order valence-electron chi connectivity index (χ3n) is 5.42. The van der Waals surface area contributed by atoms with Gasteiger partial charge in [0.05, 0.1) is 16.3 Å². The molecule has 4 nitrogen and oxygen atoms in total. The predicted molar refractivity (Wildman–Crippen MR) is 110 cm³/mol. The molecule has 0 unspecified atom stereocenters. The Morgan fingerprint density at radius 3 is 2.33 bits per heavy atom. The first-order chi connectivity index (χ1) is 14.3. The van der Waals surface area contributed by atoms with E-state index in [0.717, 1.165) is 25.3 Å². The number of carbonyl (C=O) groups excluding carboxylic acids is 1. The van der Waals surface area contributed by atoms with Gasteiger partial charge < -0.3 is 9.64 Å². The summed E-state index contributed by atoms with van der Waals surface area (Å²) < 4.78 is 27.9. The van der Waals surface area contributed by atoms with Gasteiger partial charge in [0.25, 0.3) is 0 Å². The lowest BCUT2D eigenvalue weighted by atomic mass is 9.85. The van der Waals surface area contributed by atoms with E-state index in [0.29, 0.717) is 19.3 Å². The van der Waals surface area contributed by atoms with Crippen LogP contribution in [0, 0.1) is 0 Å². The van der Waals surface area contributed by atoms with Crippen molar-refractivity contribution >= 4 is 11.6 Å². The van der Waals surface area contributed by atoms with Crippen LogP contribution >= 0.6 is 0 Å². The molecule has 0 radical (unpaired) electrons. The molecule has 0 aromatic heterocycles. The van der Waals surface area contributed by atoms with Gasteiger partial charge in [-0.3, -0.25) is 9.69 Å². The number of methoxy groups -OCH3 is 1. The lowest BCUT2D eigenvalue weighted by molar-refractivity contribution is -0.120. The molecule has 1 amide bonds. The minimum absolute atomic E-state index is 0.0106. The Labute approximate surface area is 167 Å². The number of rotatable bonds is 7. The van der Waals surface area contributed by atoms with Crippen molar-refractivity contribution in [2.75, 3.05) is 31.6 Å². The molecule has 144 valence electrons. The summed E-state index contributed by atoms with van der Waals surface area (Å²) in [6, 6.07) is 19.8. The van der Waals surface area contributed by atoms with Gasteiger partial charge in [-0.05, 0) is 30.5 Å². The Bertz CT molecular complexity index is 804. The van der Waals surface area contributed by atoms with E-state index in [2.05, 4.69) is 17.0 Å². The SMILES string of the molecule is [2H]C([2H])([2H])OCC1(N(C(=O)CC)c2ccccc2)CCN(Cc2ccccc2)CC1. The second-order valence-electron chi connectivity index (χ2n) is 7.19. The molecule has 27 heavy (non-hydrogen) atoms. The zero-order valence-electron chi connectivity index (χ0n) is 18.9. The van der Waals surface area contributed by atoms with Crippen LogP contribution < -0.4 is 4.90 Å². The number of anilines is 1. The zero-order valence-corrected chi connectivity index (χ0v) is 15.9. The molecule has 0 bridgehead atoms. The average molecular weight is 370 g/mol. The summed E-state index contributed by atoms with van der Waals surface area (Å²) >= 11 is 0. The molecule has 0 aliphatic carbocycles. The molecule has 1 saturated heterocycles. The molecule has 2 aromatic carbocycles. The fourth-order valence-corrected chi connectivity index (χ4v) is 3.95. The van der Waals surface area contributed by atoms with Gasteiger partial charge in [-0.25, -0.2) is 0 Å². The fourth-order valence-electron chi connectivity index (χ4n) is 3.95. The maximum Gasteiger partial charge on any atom is 0.227 e. The third kappa shape index (κ3) is 4.57. The molecule has 4 heteroatoms. The van der Waals surface area contributed by atoms with Crippen molar-refractivity contribution in [2.45, 2.75) is 38.3 Å². The van der Waals surface area contributed by atoms with Crippen molar-refractivity contribution in [2.24, 2.45) is 0 Å². The van der Waals surface area contributed by atoms with Crippen LogP contribution in [0.25, 0.3) is 0 Å². The highest BCUT2D eigenvalue weighted by molar-refractivity contribution is 5.94. The molecule has 0 atom stereocenters. The van der Waals surface area contributed by atoms with Crippen LogP contribution in [0.5, 0.6) is 0 Å². The number of hydrogen-bond donors (Lipinski definition) is 0. The largest absolute Gasteiger partial charge is 0.382 e. The van der Waals surface area contributed by atoms with Gasteiger partial charge in [0, 0.05) is 38.8 Å². The molecule has 1 aliphatic rings. The van der Waals surface area contributed by atoms with Crippen LogP contribution in [0.15, 0.2) is 60.7 Å². The summed E-state index contributed by atoms with van der Waals surface area (Å²) in [5.74, 6) is -0.0214. The summed E-state index contributed by atoms with van der Waals surface area (Å²) in [5.41, 5.74) is 1.35. The minimum Gasteiger partial charge on any atom is -0.382 e. The zero-order chi connectivity index (χ0) is 21.6. The Balaban J connectivity index is 1.85. The molecule has 1 fully saturated rings. The predicted octanol–water partition coefficient (Wildman–Crippen LogP) is 4.11. The van der Waals surface area contributed by atoms with E-state index >= 15 is 0 Å². The Morgan fingerprint density at radius 1 is 1.11 bits per heavy atom. The van der Waals surface area contributed by atoms with E-state index in [9.17, 15) is 4.79 Å². The molecule has 1 aliphatic heterocycles. The maximum atomic E-state index is 13.0. The van der Waals surface area contributed by atoms with E-state index in [1.54, 1.807) is 4.90 Å². The van der Waals surface area contributed by atoms with E-state index in [1.807, 2.05) is 55.5 Å². The van der Waals surface area contributed by atoms with Crippen LogP contribution in [0.2, 0.25) is 0 Å². The second kappa shape index (κ2) is 9.16. The number of nitrogens with zero attached hydrogens (tertiary/aromatic N) is 2. The lowest BCUT2D eigenvalue weighted by Crippen LogP contribution is -2.60. The molecule has 0 N–H and O–H groups in total. The first kappa shape index (κ1) is 15.8. The Kier molecular flexibility index (Phi) is 5.37. The van der Waals surface area contributed by atoms with E-state index in [4.69, 9.17) is 8.85 Å². The minimum atomic E-state index is -2.49. The quantitative estimate of drug-likeness (QED) is 0.736. The van der Waals surface area contributed by atoms with Gasteiger partial charge in [-0.1, -0.05) is 55.5 Å². The summed E-state index contributed by atoms with van der Waals surface area (Å²) in [6.07, 6.45) is 1.64. The molecule has 0 spiro atoms. The van der Waals surface area contributed by atoms with Gasteiger partial charge in [0.15, 0.2) is 0 Å². The highest BCUT2D eigenvalue weighted by Gasteiger charge is 2.42. The number of piperidine rings is 1. The number of ether oxygens (including phenoxy) is 1. The summed E-state index contributed by atoms with van der Waals surface area (Å²) in [4.78, 5) is 17.2. The highest BCUT2D eigenvalue weighted by atomic mass is 16.5. The summed E-state index contributed by atoms with van der Waals surface area (Å²) in [7, 11) is -2.49. The fraction of sp³-hybridized carbons (Fsp3) is 0.435. The van der Waals surface area contributed by atoms with E-state index < -0.39 is 12.6 Å².